The van der Waals surface area contributed by atoms with Crippen LogP contribution in [0.5, 0.6) is 5.75 Å². The summed E-state index contributed by atoms with van der Waals surface area (Å²) < 4.78 is 5.53. The van der Waals surface area contributed by atoms with Gasteiger partial charge in [-0.15, -0.1) is 0 Å². The van der Waals surface area contributed by atoms with Crippen LogP contribution in [-0.2, 0) is 9.59 Å². The number of ether oxygens (including phenoxy) is 1. The Hall–Kier alpha value is -2.04. The topological polar surface area (TPSA) is 67.4 Å². The molecule has 1 aromatic carbocycles. The van der Waals surface area contributed by atoms with Crippen molar-refractivity contribution < 1.29 is 14.3 Å². The van der Waals surface area contributed by atoms with E-state index in [1.807, 2.05) is 26.0 Å². The summed E-state index contributed by atoms with van der Waals surface area (Å²) in [5.41, 5.74) is 0.689. The maximum Gasteiger partial charge on any atom is 0.243 e. The van der Waals surface area contributed by atoms with Crippen LogP contribution < -0.4 is 15.4 Å². The Kier molecular flexibility index (Phi) is 5.20. The van der Waals surface area contributed by atoms with Crippen LogP contribution in [-0.4, -0.2) is 24.5 Å². The number of amides is 2. The lowest BCUT2D eigenvalue weighted by Gasteiger charge is -2.23. The molecule has 0 bridgehead atoms. The lowest BCUT2D eigenvalue weighted by molar-refractivity contribution is -0.129. The normalized spacial score (nSPS) is 14.4. The number of hydrogen-bond acceptors (Lipinski definition) is 3. The highest BCUT2D eigenvalue weighted by Gasteiger charge is 2.25. The van der Waals surface area contributed by atoms with Crippen molar-refractivity contribution in [3.05, 3.63) is 24.3 Å². The highest BCUT2D eigenvalue weighted by atomic mass is 16.5. The van der Waals surface area contributed by atoms with Gasteiger partial charge in [0.1, 0.15) is 5.75 Å². The lowest BCUT2D eigenvalue weighted by Crippen LogP contribution is -2.39. The van der Waals surface area contributed by atoms with Gasteiger partial charge in [0.25, 0.3) is 0 Å². The van der Waals surface area contributed by atoms with Gasteiger partial charge in [0.05, 0.1) is 12.6 Å². The Bertz CT molecular complexity index is 493. The molecule has 2 rings (SSSR count). The molecule has 0 saturated heterocycles. The number of hydrogen-bond donors (Lipinski definition) is 2. The van der Waals surface area contributed by atoms with Crippen LogP contribution in [0.25, 0.3) is 0 Å². The lowest BCUT2D eigenvalue weighted by atomic mass is 9.85. The molecule has 0 aromatic heterocycles. The third kappa shape index (κ3) is 4.77. The first-order valence-corrected chi connectivity index (χ1v) is 7.39. The summed E-state index contributed by atoms with van der Waals surface area (Å²) in [6.07, 6.45) is 3.09. The monoisotopic (exact) mass is 290 g/mol. The molecule has 0 aliphatic heterocycles. The Balaban J connectivity index is 1.75. The smallest absolute Gasteiger partial charge is 0.243 e. The molecule has 2 N–H and O–H groups in total. The van der Waals surface area contributed by atoms with Gasteiger partial charge in [0, 0.05) is 11.6 Å². The highest BCUT2D eigenvalue weighted by molar-refractivity contribution is 5.94. The molecule has 1 aliphatic carbocycles. The second-order valence-electron chi connectivity index (χ2n) is 5.58. The summed E-state index contributed by atoms with van der Waals surface area (Å²) in [5, 5.41) is 5.41. The van der Waals surface area contributed by atoms with Gasteiger partial charge in [-0.25, -0.2) is 0 Å². The van der Waals surface area contributed by atoms with Gasteiger partial charge in [-0.1, -0.05) is 6.42 Å². The molecule has 5 heteroatoms. The van der Waals surface area contributed by atoms with E-state index in [0.29, 0.717) is 5.69 Å². The van der Waals surface area contributed by atoms with E-state index < -0.39 is 0 Å². The number of nitrogens with one attached hydrogen (secondary N) is 2. The van der Waals surface area contributed by atoms with Crippen LogP contribution in [0, 0.1) is 5.92 Å². The van der Waals surface area contributed by atoms with Crippen LogP contribution in [0.4, 0.5) is 5.69 Å². The Morgan fingerprint density at radius 3 is 2.43 bits per heavy atom. The van der Waals surface area contributed by atoms with Crippen molar-refractivity contribution in [2.45, 2.75) is 39.2 Å². The second kappa shape index (κ2) is 7.11. The summed E-state index contributed by atoms with van der Waals surface area (Å²) >= 11 is 0. The quantitative estimate of drug-likeness (QED) is 0.845. The number of benzene rings is 1. The molecule has 1 saturated carbocycles. The van der Waals surface area contributed by atoms with Crippen LogP contribution in [0.15, 0.2) is 24.3 Å². The molecule has 21 heavy (non-hydrogen) atoms. The molecule has 0 spiro atoms. The third-order valence-corrected chi connectivity index (χ3v) is 3.41. The minimum atomic E-state index is -0.222. The predicted molar refractivity (Wildman–Crippen MR) is 81.2 cm³/mol. The van der Waals surface area contributed by atoms with E-state index in [9.17, 15) is 9.59 Å². The van der Waals surface area contributed by atoms with Crippen LogP contribution in [0.2, 0.25) is 0 Å². The van der Waals surface area contributed by atoms with Gasteiger partial charge >= 0.3 is 0 Å². The predicted octanol–water partition coefficient (Wildman–Crippen LogP) is 2.33. The van der Waals surface area contributed by atoms with E-state index in [1.165, 1.54) is 0 Å². The van der Waals surface area contributed by atoms with Crippen molar-refractivity contribution in [3.63, 3.8) is 0 Å². The zero-order chi connectivity index (χ0) is 15.2. The Labute approximate surface area is 125 Å². The van der Waals surface area contributed by atoms with E-state index in [0.717, 1.165) is 25.0 Å². The fourth-order valence-corrected chi connectivity index (χ4v) is 2.08. The highest BCUT2D eigenvalue weighted by Crippen LogP contribution is 2.26. The van der Waals surface area contributed by atoms with Crippen molar-refractivity contribution in [2.75, 3.05) is 11.9 Å². The first kappa shape index (κ1) is 15.4. The van der Waals surface area contributed by atoms with Crippen LogP contribution in [0.1, 0.15) is 33.1 Å². The Morgan fingerprint density at radius 1 is 1.24 bits per heavy atom. The van der Waals surface area contributed by atoms with Crippen molar-refractivity contribution in [3.8, 4) is 5.75 Å². The Morgan fingerprint density at radius 2 is 1.90 bits per heavy atom. The molecule has 0 radical (unpaired) electrons. The van der Waals surface area contributed by atoms with Crippen LogP contribution >= 0.6 is 0 Å². The molecule has 114 valence electrons. The maximum absolute atomic E-state index is 11.8. The standard InChI is InChI=1S/C16H22N2O3/c1-11(2)21-14-8-6-13(7-9-14)18-15(19)10-17-16(20)12-4-3-5-12/h6-9,11-12H,3-5,10H2,1-2H3,(H,17,20)(H,18,19). The van der Waals surface area contributed by atoms with Crippen molar-refractivity contribution in [2.24, 2.45) is 5.92 Å². The van der Waals surface area contributed by atoms with Gasteiger partial charge in [-0.2, -0.15) is 0 Å². The molecule has 1 aromatic rings. The van der Waals surface area contributed by atoms with Gasteiger partial charge in [0.15, 0.2) is 0 Å². The molecule has 2 amide bonds. The molecule has 0 heterocycles. The number of carbonyl (C=O) groups is 2. The van der Waals surface area contributed by atoms with Crippen molar-refractivity contribution in [1.82, 2.24) is 5.32 Å². The summed E-state index contributed by atoms with van der Waals surface area (Å²) in [7, 11) is 0. The van der Waals surface area contributed by atoms with E-state index in [2.05, 4.69) is 10.6 Å². The SMILES string of the molecule is CC(C)Oc1ccc(NC(=O)CNC(=O)C2CCC2)cc1. The minimum Gasteiger partial charge on any atom is -0.491 e. The number of carbonyl (C=O) groups excluding carboxylic acids is 2. The van der Waals surface area contributed by atoms with E-state index >= 15 is 0 Å². The molecule has 5 nitrogen and oxygen atoms in total. The number of anilines is 1. The average Bonchev–Trinajstić information content (AvgIpc) is 2.36. The van der Waals surface area contributed by atoms with E-state index in [-0.39, 0.29) is 30.4 Å². The molecule has 1 fully saturated rings. The molecule has 0 atom stereocenters. The molecule has 1 aliphatic rings. The molecular weight excluding hydrogens is 268 g/mol. The third-order valence-electron chi connectivity index (χ3n) is 3.41. The summed E-state index contributed by atoms with van der Waals surface area (Å²) in [5.74, 6) is 0.629. The van der Waals surface area contributed by atoms with Gasteiger partial charge < -0.3 is 15.4 Å². The van der Waals surface area contributed by atoms with Crippen molar-refractivity contribution in [1.29, 1.82) is 0 Å². The summed E-state index contributed by atoms with van der Waals surface area (Å²) in [4.78, 5) is 23.4. The first-order valence-electron chi connectivity index (χ1n) is 7.39. The second-order valence-corrected chi connectivity index (χ2v) is 5.58. The van der Waals surface area contributed by atoms with Gasteiger partial charge in [0.2, 0.25) is 11.8 Å². The van der Waals surface area contributed by atoms with E-state index in [4.69, 9.17) is 4.74 Å². The number of rotatable bonds is 6. The summed E-state index contributed by atoms with van der Waals surface area (Å²) in [6, 6.07) is 7.18. The zero-order valence-electron chi connectivity index (χ0n) is 12.5. The molecule has 0 unspecified atom stereocenters. The largest absolute Gasteiger partial charge is 0.491 e. The van der Waals surface area contributed by atoms with Gasteiger partial charge in [-0.3, -0.25) is 9.59 Å². The maximum atomic E-state index is 11.8. The van der Waals surface area contributed by atoms with Crippen molar-refractivity contribution >= 4 is 17.5 Å². The van der Waals surface area contributed by atoms with Crippen LogP contribution in [0.3, 0.4) is 0 Å². The fraction of sp³-hybridized carbons (Fsp3) is 0.500. The fourth-order valence-electron chi connectivity index (χ4n) is 2.08. The van der Waals surface area contributed by atoms with E-state index in [1.54, 1.807) is 12.1 Å². The first-order chi connectivity index (χ1) is 10.0. The zero-order valence-corrected chi connectivity index (χ0v) is 12.5. The van der Waals surface area contributed by atoms with Gasteiger partial charge in [-0.05, 0) is 51.0 Å². The minimum absolute atomic E-state index is 0.0135. The average molecular weight is 290 g/mol. The summed E-state index contributed by atoms with van der Waals surface area (Å²) in [6.45, 7) is 3.93. The molecular formula is C16H22N2O3.